The zero-order chi connectivity index (χ0) is 13.6. The van der Waals surface area contributed by atoms with Crippen molar-refractivity contribution >= 4 is 9.84 Å². The maximum absolute atomic E-state index is 11.0. The van der Waals surface area contributed by atoms with Crippen LogP contribution in [0.2, 0.25) is 0 Å². The molecule has 5 heteroatoms. The largest absolute Gasteiger partial charge is 0.493 e. The minimum Gasteiger partial charge on any atom is -0.493 e. The zero-order valence-corrected chi connectivity index (χ0v) is 11.6. The molecule has 0 aromatic heterocycles. The maximum atomic E-state index is 11.0. The van der Waals surface area contributed by atoms with Crippen molar-refractivity contribution in [3.05, 3.63) is 29.8 Å². The standard InChI is InChI=1S/C13H20O4S/c1-3-12(14)11-7-4-5-8-13(11)17-9-6-10-18(2,15)16/h4-5,7-8,12,14H,3,6,9-10H2,1-2H3/t12-/m0/s1. The van der Waals surface area contributed by atoms with E-state index in [0.717, 1.165) is 5.56 Å². The molecule has 0 aliphatic rings. The monoisotopic (exact) mass is 272 g/mol. The van der Waals surface area contributed by atoms with Gasteiger partial charge in [0.05, 0.1) is 18.5 Å². The Hall–Kier alpha value is -1.07. The first-order chi connectivity index (χ1) is 8.44. The van der Waals surface area contributed by atoms with Gasteiger partial charge in [0.15, 0.2) is 0 Å². The van der Waals surface area contributed by atoms with Crippen LogP contribution in [0.3, 0.4) is 0 Å². The molecule has 4 nitrogen and oxygen atoms in total. The van der Waals surface area contributed by atoms with E-state index in [9.17, 15) is 13.5 Å². The van der Waals surface area contributed by atoms with Gasteiger partial charge in [0.1, 0.15) is 15.6 Å². The smallest absolute Gasteiger partial charge is 0.147 e. The van der Waals surface area contributed by atoms with Gasteiger partial charge >= 0.3 is 0 Å². The van der Waals surface area contributed by atoms with Crippen molar-refractivity contribution in [2.24, 2.45) is 0 Å². The Morgan fingerprint density at radius 2 is 2.00 bits per heavy atom. The molecule has 0 unspecified atom stereocenters. The Balaban J connectivity index is 2.57. The van der Waals surface area contributed by atoms with Crippen LogP contribution in [0.5, 0.6) is 5.75 Å². The fraction of sp³-hybridized carbons (Fsp3) is 0.538. The van der Waals surface area contributed by atoms with Crippen molar-refractivity contribution in [3.63, 3.8) is 0 Å². The van der Waals surface area contributed by atoms with Gasteiger partial charge in [-0.25, -0.2) is 8.42 Å². The molecule has 0 saturated carbocycles. The first-order valence-electron chi connectivity index (χ1n) is 6.01. The number of benzene rings is 1. The molecule has 0 fully saturated rings. The highest BCUT2D eigenvalue weighted by atomic mass is 32.2. The Morgan fingerprint density at radius 1 is 1.33 bits per heavy atom. The average Bonchev–Trinajstić information content (AvgIpc) is 2.33. The summed E-state index contributed by atoms with van der Waals surface area (Å²) in [5.74, 6) is 0.742. The quantitative estimate of drug-likeness (QED) is 0.770. The van der Waals surface area contributed by atoms with Crippen molar-refractivity contribution in [3.8, 4) is 5.75 Å². The summed E-state index contributed by atoms with van der Waals surface area (Å²) in [6.07, 6.45) is 1.73. The lowest BCUT2D eigenvalue weighted by molar-refractivity contribution is 0.167. The molecule has 0 saturated heterocycles. The van der Waals surface area contributed by atoms with E-state index in [1.165, 1.54) is 6.26 Å². The molecule has 0 bridgehead atoms. The summed E-state index contributed by atoms with van der Waals surface area (Å²) in [6, 6.07) is 7.28. The fourth-order valence-corrected chi connectivity index (χ4v) is 2.25. The zero-order valence-electron chi connectivity index (χ0n) is 10.8. The van der Waals surface area contributed by atoms with Crippen LogP contribution < -0.4 is 4.74 Å². The molecule has 1 rings (SSSR count). The Kier molecular flexibility index (Phi) is 5.62. The van der Waals surface area contributed by atoms with E-state index < -0.39 is 15.9 Å². The van der Waals surface area contributed by atoms with Gasteiger partial charge in [0.25, 0.3) is 0 Å². The molecule has 0 heterocycles. The summed E-state index contributed by atoms with van der Waals surface area (Å²) in [5.41, 5.74) is 0.749. The average molecular weight is 272 g/mol. The predicted octanol–water partition coefficient (Wildman–Crippen LogP) is 1.94. The second-order valence-electron chi connectivity index (χ2n) is 4.29. The van der Waals surface area contributed by atoms with Gasteiger partial charge in [-0.05, 0) is 18.9 Å². The van der Waals surface area contributed by atoms with E-state index in [0.29, 0.717) is 25.2 Å². The van der Waals surface area contributed by atoms with E-state index in [1.54, 1.807) is 6.07 Å². The number of aliphatic hydroxyl groups excluding tert-OH is 1. The van der Waals surface area contributed by atoms with Crippen LogP contribution in [0.25, 0.3) is 0 Å². The summed E-state index contributed by atoms with van der Waals surface area (Å²) in [5, 5.41) is 9.82. The van der Waals surface area contributed by atoms with Crippen molar-refractivity contribution in [2.75, 3.05) is 18.6 Å². The van der Waals surface area contributed by atoms with Gasteiger partial charge in [-0.2, -0.15) is 0 Å². The van der Waals surface area contributed by atoms with E-state index in [2.05, 4.69) is 0 Å². The van der Waals surface area contributed by atoms with Gasteiger partial charge < -0.3 is 9.84 Å². The first-order valence-corrected chi connectivity index (χ1v) is 8.07. The van der Waals surface area contributed by atoms with Crippen LogP contribution >= 0.6 is 0 Å². The van der Waals surface area contributed by atoms with E-state index in [1.807, 2.05) is 25.1 Å². The van der Waals surface area contributed by atoms with E-state index >= 15 is 0 Å². The molecule has 1 aromatic rings. The fourth-order valence-electron chi connectivity index (χ4n) is 1.61. The molecule has 0 radical (unpaired) electrons. The predicted molar refractivity (Wildman–Crippen MR) is 71.5 cm³/mol. The molecular formula is C13H20O4S. The normalized spacial score (nSPS) is 13.3. The molecule has 1 N–H and O–H groups in total. The van der Waals surface area contributed by atoms with Crippen LogP contribution in [-0.2, 0) is 9.84 Å². The summed E-state index contributed by atoms with van der Waals surface area (Å²) in [7, 11) is -2.94. The van der Waals surface area contributed by atoms with Gasteiger partial charge in [-0.15, -0.1) is 0 Å². The summed E-state index contributed by atoms with van der Waals surface area (Å²) in [6.45, 7) is 2.23. The molecule has 1 aromatic carbocycles. The number of rotatable bonds is 7. The lowest BCUT2D eigenvalue weighted by atomic mass is 10.1. The minimum absolute atomic E-state index is 0.117. The van der Waals surface area contributed by atoms with Crippen molar-refractivity contribution in [1.82, 2.24) is 0 Å². The molecule has 102 valence electrons. The molecule has 0 spiro atoms. The third-order valence-corrected chi connectivity index (χ3v) is 3.61. The minimum atomic E-state index is -2.94. The van der Waals surface area contributed by atoms with Crippen LogP contribution in [0.4, 0.5) is 0 Å². The van der Waals surface area contributed by atoms with Gasteiger partial charge in [-0.3, -0.25) is 0 Å². The number of hydrogen-bond donors (Lipinski definition) is 1. The van der Waals surface area contributed by atoms with Gasteiger partial charge in [0, 0.05) is 11.8 Å². The number of ether oxygens (including phenoxy) is 1. The van der Waals surface area contributed by atoms with Crippen molar-refractivity contribution in [2.45, 2.75) is 25.9 Å². The highest BCUT2D eigenvalue weighted by Gasteiger charge is 2.11. The summed E-state index contributed by atoms with van der Waals surface area (Å²) >= 11 is 0. The van der Waals surface area contributed by atoms with Crippen LogP contribution in [-0.4, -0.2) is 32.1 Å². The third kappa shape index (κ3) is 5.06. The third-order valence-electron chi connectivity index (χ3n) is 2.58. The number of para-hydroxylation sites is 1. The van der Waals surface area contributed by atoms with Crippen molar-refractivity contribution < 1.29 is 18.3 Å². The number of aliphatic hydroxyl groups is 1. The van der Waals surface area contributed by atoms with Gasteiger partial charge in [-0.1, -0.05) is 25.1 Å². The molecule has 0 amide bonds. The summed E-state index contributed by atoms with van der Waals surface area (Å²) < 4.78 is 27.5. The lowest BCUT2D eigenvalue weighted by Gasteiger charge is -2.14. The molecule has 0 aliphatic carbocycles. The van der Waals surface area contributed by atoms with Crippen molar-refractivity contribution in [1.29, 1.82) is 0 Å². The lowest BCUT2D eigenvalue weighted by Crippen LogP contribution is -2.09. The second kappa shape index (κ2) is 6.75. The Morgan fingerprint density at radius 3 is 2.61 bits per heavy atom. The molecule has 18 heavy (non-hydrogen) atoms. The van der Waals surface area contributed by atoms with Gasteiger partial charge in [0.2, 0.25) is 0 Å². The first kappa shape index (κ1) is 15.0. The topological polar surface area (TPSA) is 63.6 Å². The van der Waals surface area contributed by atoms with E-state index in [4.69, 9.17) is 4.74 Å². The molecule has 1 atom stereocenters. The Bertz CT molecular complexity index is 468. The van der Waals surface area contributed by atoms with Crippen LogP contribution in [0, 0.1) is 0 Å². The Labute approximate surface area is 109 Å². The molecular weight excluding hydrogens is 252 g/mol. The molecule has 0 aliphatic heterocycles. The SMILES string of the molecule is CC[C@H](O)c1ccccc1OCCCS(C)(=O)=O. The second-order valence-corrected chi connectivity index (χ2v) is 6.55. The maximum Gasteiger partial charge on any atom is 0.147 e. The number of sulfone groups is 1. The number of hydrogen-bond acceptors (Lipinski definition) is 4. The van der Waals surface area contributed by atoms with Crippen LogP contribution in [0.1, 0.15) is 31.4 Å². The highest BCUT2D eigenvalue weighted by molar-refractivity contribution is 7.90. The highest BCUT2D eigenvalue weighted by Crippen LogP contribution is 2.26. The summed E-state index contributed by atoms with van der Waals surface area (Å²) in [4.78, 5) is 0. The van der Waals surface area contributed by atoms with E-state index in [-0.39, 0.29) is 5.75 Å². The van der Waals surface area contributed by atoms with Crippen LogP contribution in [0.15, 0.2) is 24.3 Å².